The summed E-state index contributed by atoms with van der Waals surface area (Å²) in [6.45, 7) is 1.76. The number of nitrogens with zero attached hydrogens (tertiary/aromatic N) is 1. The average molecular weight is 222 g/mol. The molecule has 0 aliphatic rings. The molecular formula is C6H8F6N2. The fourth-order valence-electron chi connectivity index (χ4n) is 0.688. The quantitative estimate of drug-likeness (QED) is 0.727. The molecule has 0 saturated carbocycles. The number of hydrogen-bond donors (Lipinski definition) is 1. The fourth-order valence-corrected chi connectivity index (χ4v) is 0.688. The highest BCUT2D eigenvalue weighted by molar-refractivity contribution is 5.11. The molecule has 0 fully saturated rings. The Bertz CT molecular complexity index is 243. The molecule has 1 heterocycles. The van der Waals surface area contributed by atoms with Crippen LogP contribution in [0.3, 0.4) is 0 Å². The maximum Gasteiger partial charge on any atom is 0.435 e. The highest BCUT2D eigenvalue weighted by Gasteiger charge is 2.33. The van der Waals surface area contributed by atoms with Crippen molar-refractivity contribution in [1.82, 2.24) is 10.2 Å². The topological polar surface area (TPSA) is 28.7 Å². The van der Waals surface area contributed by atoms with Gasteiger partial charge in [0.05, 0.1) is 0 Å². The molecule has 1 aromatic rings. The van der Waals surface area contributed by atoms with Crippen LogP contribution in [0.15, 0.2) is 6.07 Å². The van der Waals surface area contributed by atoms with Crippen LogP contribution in [0.1, 0.15) is 18.3 Å². The van der Waals surface area contributed by atoms with Crippen LogP contribution in [0, 0.1) is 0 Å². The molecule has 14 heavy (non-hydrogen) atoms. The second-order valence-corrected chi connectivity index (χ2v) is 2.13. The number of hydrogen-bond acceptors (Lipinski definition) is 1. The Balaban J connectivity index is 0. The molecule has 1 rings (SSSR count). The smallest absolute Gasteiger partial charge is 0.282 e. The lowest BCUT2D eigenvalue weighted by molar-refractivity contribution is -0.141. The minimum Gasteiger partial charge on any atom is -0.282 e. The molecule has 0 amide bonds. The summed E-state index contributed by atoms with van der Waals surface area (Å²) in [6, 6.07) is 1.01. The third kappa shape index (κ3) is 4.15. The predicted molar refractivity (Wildman–Crippen MR) is 37.7 cm³/mol. The first-order valence-corrected chi connectivity index (χ1v) is 3.30. The van der Waals surface area contributed by atoms with E-state index in [9.17, 15) is 13.2 Å². The van der Waals surface area contributed by atoms with E-state index in [1.165, 1.54) is 0 Å². The van der Waals surface area contributed by atoms with Gasteiger partial charge in [0.15, 0.2) is 5.69 Å². The van der Waals surface area contributed by atoms with Crippen molar-refractivity contribution in [3.8, 4) is 0 Å². The summed E-state index contributed by atoms with van der Waals surface area (Å²) in [5.74, 6) is 0. The van der Waals surface area contributed by atoms with Gasteiger partial charge in [-0.05, 0) is 12.5 Å². The number of halogens is 6. The molecule has 0 unspecified atom stereocenters. The lowest BCUT2D eigenvalue weighted by Crippen LogP contribution is -2.04. The van der Waals surface area contributed by atoms with Gasteiger partial charge < -0.3 is 0 Å². The third-order valence-corrected chi connectivity index (χ3v) is 1.30. The zero-order valence-corrected chi connectivity index (χ0v) is 7.03. The zero-order chi connectivity index (χ0) is 10.5. The molecule has 0 spiro atoms. The Labute approximate surface area is 75.3 Å². The highest BCUT2D eigenvalue weighted by atomic mass is 20.0. The van der Waals surface area contributed by atoms with Crippen LogP contribution in [0.2, 0.25) is 0 Å². The maximum absolute atomic E-state index is 11.9. The van der Waals surface area contributed by atoms with Crippen molar-refractivity contribution in [2.45, 2.75) is 19.5 Å². The monoisotopic (exact) mass is 222 g/mol. The van der Waals surface area contributed by atoms with E-state index in [2.05, 4.69) is 10.2 Å². The van der Waals surface area contributed by atoms with Crippen LogP contribution >= 0.6 is 0 Å². The van der Waals surface area contributed by atoms with Crippen molar-refractivity contribution in [2.75, 3.05) is 0 Å². The molecule has 0 saturated heterocycles. The number of nitrogens with one attached hydrogen (secondary N) is 1. The van der Waals surface area contributed by atoms with Crippen molar-refractivity contribution in [3.05, 3.63) is 17.5 Å². The Hall–Kier alpha value is -1.21. The molecule has 0 aliphatic carbocycles. The number of rotatable bonds is 1. The average Bonchev–Trinajstić information content (AvgIpc) is 2.54. The van der Waals surface area contributed by atoms with Gasteiger partial charge in [-0.2, -0.15) is 18.3 Å². The maximum atomic E-state index is 11.9. The van der Waals surface area contributed by atoms with E-state index in [0.29, 0.717) is 12.1 Å². The first kappa shape index (κ1) is 15.3. The second kappa shape index (κ2) is 6.28. The first-order chi connectivity index (χ1) is 6.04. The van der Waals surface area contributed by atoms with E-state index in [1.54, 1.807) is 6.92 Å². The molecule has 1 N–H and O–H groups in total. The number of aromatic amines is 1. The molecule has 1 aromatic heterocycles. The van der Waals surface area contributed by atoms with Gasteiger partial charge in [-0.15, -0.1) is 0 Å². The standard InChI is InChI=1S/C6H7F3N2.F2.FH/c1-2-4-3-5(11-10-4)6(7,8)9;1-2;/h3H,2H2,1H3,(H,10,11);;1H. The highest BCUT2D eigenvalue weighted by Crippen LogP contribution is 2.27. The molecular weight excluding hydrogens is 214 g/mol. The van der Waals surface area contributed by atoms with Crippen molar-refractivity contribution in [2.24, 2.45) is 0 Å². The van der Waals surface area contributed by atoms with E-state index in [0.717, 1.165) is 6.07 Å². The summed E-state index contributed by atoms with van der Waals surface area (Å²) in [4.78, 5) is 0. The van der Waals surface area contributed by atoms with Crippen LogP contribution < -0.4 is 0 Å². The Morgan fingerprint density at radius 2 is 1.86 bits per heavy atom. The lowest BCUT2D eigenvalue weighted by Gasteiger charge is -1.98. The summed E-state index contributed by atoms with van der Waals surface area (Å²) in [5, 5.41) is 5.40. The Morgan fingerprint density at radius 3 is 2.07 bits per heavy atom. The minimum atomic E-state index is -4.33. The largest absolute Gasteiger partial charge is 0.435 e. The lowest BCUT2D eigenvalue weighted by atomic mass is 10.3. The van der Waals surface area contributed by atoms with Gasteiger partial charge in [-0.1, -0.05) is 6.92 Å². The molecule has 8 heteroatoms. The molecule has 2 nitrogen and oxygen atoms in total. The summed E-state index contributed by atoms with van der Waals surface area (Å²) in [5.41, 5.74) is -0.355. The van der Waals surface area contributed by atoms with Gasteiger partial charge in [0, 0.05) is 14.8 Å². The molecule has 0 radical (unpaired) electrons. The first-order valence-electron chi connectivity index (χ1n) is 3.30. The number of H-pyrrole nitrogens is 1. The number of alkyl halides is 3. The van der Waals surface area contributed by atoms with Gasteiger partial charge in [0.25, 0.3) is 0 Å². The van der Waals surface area contributed by atoms with Crippen molar-refractivity contribution < 1.29 is 27.0 Å². The summed E-state index contributed by atoms with van der Waals surface area (Å²) < 4.78 is 51.6. The SMILES string of the molecule is CCc1cc(C(F)(F)F)n[nH]1.F.FF. The zero-order valence-electron chi connectivity index (χ0n) is 7.03. The van der Waals surface area contributed by atoms with E-state index < -0.39 is 11.9 Å². The Kier molecular flexibility index (Phi) is 6.84. The van der Waals surface area contributed by atoms with Crippen molar-refractivity contribution >= 4 is 0 Å². The second-order valence-electron chi connectivity index (χ2n) is 2.13. The van der Waals surface area contributed by atoms with Gasteiger partial charge >= 0.3 is 6.18 Å². The van der Waals surface area contributed by atoms with E-state index in [4.69, 9.17) is 9.15 Å². The third-order valence-electron chi connectivity index (χ3n) is 1.30. The van der Waals surface area contributed by atoms with Crippen LogP contribution in [-0.4, -0.2) is 10.2 Å². The van der Waals surface area contributed by atoms with E-state index in [1.807, 2.05) is 0 Å². The molecule has 0 aromatic carbocycles. The predicted octanol–water partition coefficient (Wildman–Crippen LogP) is 2.98. The van der Waals surface area contributed by atoms with Crippen LogP contribution in [0.25, 0.3) is 0 Å². The van der Waals surface area contributed by atoms with Gasteiger partial charge in [-0.25, -0.2) is 0 Å². The number of aryl methyl sites for hydroxylation is 1. The normalized spacial score (nSPS) is 9.86. The van der Waals surface area contributed by atoms with Crippen molar-refractivity contribution in [3.63, 3.8) is 0 Å². The van der Waals surface area contributed by atoms with Crippen LogP contribution in [0.5, 0.6) is 0 Å². The van der Waals surface area contributed by atoms with E-state index in [-0.39, 0.29) is 4.70 Å². The minimum absolute atomic E-state index is 0. The molecule has 84 valence electrons. The van der Waals surface area contributed by atoms with Gasteiger partial charge in [0.1, 0.15) is 0 Å². The molecule has 0 atom stereocenters. The van der Waals surface area contributed by atoms with Crippen LogP contribution in [-0.2, 0) is 12.6 Å². The summed E-state index contributed by atoms with van der Waals surface area (Å²) in [6.07, 6.45) is -3.80. The fraction of sp³-hybridized carbons (Fsp3) is 0.500. The van der Waals surface area contributed by atoms with Crippen molar-refractivity contribution in [1.29, 1.82) is 0 Å². The molecule has 0 aliphatic heterocycles. The van der Waals surface area contributed by atoms with E-state index >= 15 is 0 Å². The molecule has 0 bridgehead atoms. The summed E-state index contributed by atoms with van der Waals surface area (Å²) in [7, 11) is 0. The number of aromatic nitrogens is 2. The van der Waals surface area contributed by atoms with Gasteiger partial charge in [-0.3, -0.25) is 9.80 Å². The van der Waals surface area contributed by atoms with Gasteiger partial charge in [0.2, 0.25) is 0 Å². The summed E-state index contributed by atoms with van der Waals surface area (Å²) >= 11 is 0. The van der Waals surface area contributed by atoms with Crippen LogP contribution in [0.4, 0.5) is 27.0 Å². The Morgan fingerprint density at radius 1 is 1.36 bits per heavy atom.